The molecule has 0 saturated heterocycles. The highest BCUT2D eigenvalue weighted by Gasteiger charge is 2.30. The van der Waals surface area contributed by atoms with Gasteiger partial charge >= 0.3 is 5.97 Å². The van der Waals surface area contributed by atoms with Gasteiger partial charge in [-0.15, -0.1) is 0 Å². The van der Waals surface area contributed by atoms with E-state index in [-0.39, 0.29) is 6.54 Å². The fraction of sp³-hybridized carbons (Fsp3) is 0.278. The minimum absolute atomic E-state index is 0.225. The second-order valence-electron chi connectivity index (χ2n) is 5.64. The number of nitrogens with zero attached hydrogens (tertiary/aromatic N) is 1. The van der Waals surface area contributed by atoms with Crippen LogP contribution in [0.2, 0.25) is 0 Å². The van der Waals surface area contributed by atoms with Gasteiger partial charge in [-0.3, -0.25) is 4.79 Å². The first-order valence-electron chi connectivity index (χ1n) is 7.95. The Morgan fingerprint density at radius 2 is 1.68 bits per heavy atom. The number of rotatable bonds is 8. The summed E-state index contributed by atoms with van der Waals surface area (Å²) < 4.78 is 56.5. The normalized spacial score (nSPS) is 11.4. The molecule has 2 aromatic rings. The Morgan fingerprint density at radius 1 is 1.07 bits per heavy atom. The number of methoxy groups -OCH3 is 3. The van der Waals surface area contributed by atoms with Crippen LogP contribution in [0.5, 0.6) is 11.5 Å². The van der Waals surface area contributed by atoms with Crippen molar-refractivity contribution in [2.45, 2.75) is 11.4 Å². The van der Waals surface area contributed by atoms with Crippen molar-refractivity contribution in [3.8, 4) is 11.5 Å². The van der Waals surface area contributed by atoms with Gasteiger partial charge in [-0.25, -0.2) is 12.8 Å². The Hall–Kier alpha value is -2.17. The molecule has 28 heavy (non-hydrogen) atoms. The van der Waals surface area contributed by atoms with Gasteiger partial charge in [0.1, 0.15) is 28.8 Å². The SMILES string of the molecule is COC(=O)CN(Cc1cc(OC)cc(OC)c1)S(=O)(=O)c1cc(Br)ccc1F. The van der Waals surface area contributed by atoms with Crippen molar-refractivity contribution in [2.75, 3.05) is 27.9 Å². The van der Waals surface area contributed by atoms with Crippen molar-refractivity contribution in [3.05, 3.63) is 52.3 Å². The Balaban J connectivity index is 2.50. The average Bonchev–Trinajstić information content (AvgIpc) is 2.68. The monoisotopic (exact) mass is 475 g/mol. The van der Waals surface area contributed by atoms with Gasteiger partial charge in [-0.05, 0) is 35.9 Å². The maximum atomic E-state index is 14.2. The lowest BCUT2D eigenvalue weighted by Crippen LogP contribution is -2.36. The standard InChI is InChI=1S/C18H19BrFNO6S/c1-25-14-6-12(7-15(9-14)26-2)10-21(11-18(22)27-3)28(23,24)17-8-13(19)4-5-16(17)20/h4-9H,10-11H2,1-3H3. The number of halogens is 2. The molecule has 0 fully saturated rings. The van der Waals surface area contributed by atoms with Gasteiger partial charge in [0.25, 0.3) is 0 Å². The van der Waals surface area contributed by atoms with Gasteiger partial charge in [-0.1, -0.05) is 15.9 Å². The predicted molar refractivity (Wildman–Crippen MR) is 103 cm³/mol. The summed E-state index contributed by atoms with van der Waals surface area (Å²) in [6.07, 6.45) is 0. The summed E-state index contributed by atoms with van der Waals surface area (Å²) in [5, 5.41) is 0. The van der Waals surface area contributed by atoms with Crippen molar-refractivity contribution in [2.24, 2.45) is 0 Å². The molecule has 152 valence electrons. The zero-order valence-electron chi connectivity index (χ0n) is 15.4. The van der Waals surface area contributed by atoms with Gasteiger partial charge in [0, 0.05) is 17.1 Å². The van der Waals surface area contributed by atoms with Crippen molar-refractivity contribution in [1.82, 2.24) is 4.31 Å². The maximum absolute atomic E-state index is 14.2. The highest BCUT2D eigenvalue weighted by Crippen LogP contribution is 2.27. The van der Waals surface area contributed by atoms with Crippen molar-refractivity contribution in [1.29, 1.82) is 0 Å². The Morgan fingerprint density at radius 3 is 2.21 bits per heavy atom. The zero-order chi connectivity index (χ0) is 20.9. The Bertz CT molecular complexity index is 944. The molecule has 0 aliphatic carbocycles. The van der Waals surface area contributed by atoms with E-state index in [1.165, 1.54) is 20.3 Å². The zero-order valence-corrected chi connectivity index (χ0v) is 17.8. The van der Waals surface area contributed by atoms with Crippen LogP contribution >= 0.6 is 15.9 Å². The fourth-order valence-corrected chi connectivity index (χ4v) is 4.39. The molecule has 7 nitrogen and oxygen atoms in total. The largest absolute Gasteiger partial charge is 0.497 e. The van der Waals surface area contributed by atoms with E-state index in [4.69, 9.17) is 9.47 Å². The molecule has 2 aromatic carbocycles. The quantitative estimate of drug-likeness (QED) is 0.545. The van der Waals surface area contributed by atoms with Crippen molar-refractivity contribution >= 4 is 31.9 Å². The third kappa shape index (κ3) is 5.21. The Kier molecular flexibility index (Phi) is 7.39. The summed E-state index contributed by atoms with van der Waals surface area (Å²) in [5.74, 6) is -0.827. The molecule has 0 bridgehead atoms. The number of benzene rings is 2. The van der Waals surface area contributed by atoms with E-state index in [0.717, 1.165) is 23.5 Å². The second kappa shape index (κ2) is 9.35. The molecule has 0 aromatic heterocycles. The molecule has 0 heterocycles. The van der Waals surface area contributed by atoms with E-state index in [1.54, 1.807) is 18.2 Å². The molecule has 0 N–H and O–H groups in total. The maximum Gasteiger partial charge on any atom is 0.321 e. The number of carbonyl (C=O) groups is 1. The minimum atomic E-state index is -4.35. The fourth-order valence-electron chi connectivity index (χ4n) is 2.41. The number of ether oxygens (including phenoxy) is 3. The number of hydrogen-bond donors (Lipinski definition) is 0. The van der Waals surface area contributed by atoms with E-state index in [2.05, 4.69) is 20.7 Å². The highest BCUT2D eigenvalue weighted by molar-refractivity contribution is 9.10. The van der Waals surface area contributed by atoms with E-state index in [9.17, 15) is 17.6 Å². The van der Waals surface area contributed by atoms with Crippen LogP contribution in [0.25, 0.3) is 0 Å². The van der Waals surface area contributed by atoms with Crippen LogP contribution in [0.15, 0.2) is 45.8 Å². The molecule has 0 spiro atoms. The van der Waals surface area contributed by atoms with Gasteiger partial charge in [0.15, 0.2) is 0 Å². The molecule has 2 rings (SSSR count). The number of carbonyl (C=O) groups excluding carboxylic acids is 1. The van der Waals surface area contributed by atoms with Gasteiger partial charge in [0.2, 0.25) is 10.0 Å². The number of hydrogen-bond acceptors (Lipinski definition) is 6. The topological polar surface area (TPSA) is 82.1 Å². The van der Waals surface area contributed by atoms with Gasteiger partial charge in [0.05, 0.1) is 21.3 Å². The lowest BCUT2D eigenvalue weighted by atomic mass is 10.2. The van der Waals surface area contributed by atoms with E-state index < -0.39 is 33.3 Å². The van der Waals surface area contributed by atoms with Gasteiger partial charge < -0.3 is 14.2 Å². The molecule has 0 saturated carbocycles. The first-order valence-corrected chi connectivity index (χ1v) is 10.2. The van der Waals surface area contributed by atoms with Crippen LogP contribution in [-0.4, -0.2) is 46.6 Å². The van der Waals surface area contributed by atoms with Crippen molar-refractivity contribution in [3.63, 3.8) is 0 Å². The molecular formula is C18H19BrFNO6S. The van der Waals surface area contributed by atoms with Crippen LogP contribution in [0.1, 0.15) is 5.56 Å². The summed E-state index contributed by atoms with van der Waals surface area (Å²) in [7, 11) is -0.297. The van der Waals surface area contributed by atoms with Crippen LogP contribution in [-0.2, 0) is 26.1 Å². The minimum Gasteiger partial charge on any atom is -0.497 e. The van der Waals surface area contributed by atoms with Crippen LogP contribution in [0, 0.1) is 5.82 Å². The summed E-state index contributed by atoms with van der Waals surface area (Å²) in [5.41, 5.74) is 0.485. The van der Waals surface area contributed by atoms with E-state index >= 15 is 0 Å². The molecular weight excluding hydrogens is 457 g/mol. The summed E-state index contributed by atoms with van der Waals surface area (Å²) in [6.45, 7) is -0.818. The molecule has 0 unspecified atom stereocenters. The molecule has 10 heteroatoms. The summed E-state index contributed by atoms with van der Waals surface area (Å²) in [4.78, 5) is 11.3. The number of esters is 1. The predicted octanol–water partition coefficient (Wildman–Crippen LogP) is 2.97. The Labute approximate surface area is 171 Å². The molecule has 0 radical (unpaired) electrons. The smallest absolute Gasteiger partial charge is 0.321 e. The molecule has 0 amide bonds. The van der Waals surface area contributed by atoms with Crippen molar-refractivity contribution < 1.29 is 31.8 Å². The molecule has 0 aliphatic heterocycles. The third-order valence-electron chi connectivity index (χ3n) is 3.81. The molecule has 0 aliphatic rings. The summed E-state index contributed by atoms with van der Waals surface area (Å²) in [6, 6.07) is 8.37. The lowest BCUT2D eigenvalue weighted by Gasteiger charge is -2.22. The summed E-state index contributed by atoms with van der Waals surface area (Å²) >= 11 is 3.13. The third-order valence-corrected chi connectivity index (χ3v) is 6.11. The molecule has 0 atom stereocenters. The second-order valence-corrected chi connectivity index (χ2v) is 8.47. The van der Waals surface area contributed by atoms with Crippen LogP contribution < -0.4 is 9.47 Å². The van der Waals surface area contributed by atoms with E-state index in [0.29, 0.717) is 21.5 Å². The van der Waals surface area contributed by atoms with E-state index in [1.807, 2.05) is 0 Å². The average molecular weight is 476 g/mol. The highest BCUT2D eigenvalue weighted by atomic mass is 79.9. The first-order chi connectivity index (χ1) is 13.2. The first kappa shape index (κ1) is 22.1. The van der Waals surface area contributed by atoms with Gasteiger partial charge in [-0.2, -0.15) is 4.31 Å². The van der Waals surface area contributed by atoms with Crippen LogP contribution in [0.3, 0.4) is 0 Å². The van der Waals surface area contributed by atoms with Crippen LogP contribution in [0.4, 0.5) is 4.39 Å². The number of sulfonamides is 1. The lowest BCUT2D eigenvalue weighted by molar-refractivity contribution is -0.140.